The third-order valence-corrected chi connectivity index (χ3v) is 20.0. The van der Waals surface area contributed by atoms with E-state index >= 15 is 0 Å². The number of allylic oxidation sites excluding steroid dienone is 6. The van der Waals surface area contributed by atoms with Crippen LogP contribution in [0.15, 0.2) is 36.5 Å². The first-order chi connectivity index (χ1) is 45.8. The summed E-state index contributed by atoms with van der Waals surface area (Å²) in [5.74, 6) is -0.800. The Bertz CT molecular complexity index is 1620. The number of phosphoric acid groups is 1. The quantitative estimate of drug-likeness (QED) is 0.0264. The smallest absolute Gasteiger partial charge is 0.462 e. The third kappa shape index (κ3) is 79.1. The third-order valence-electron chi connectivity index (χ3n) is 19.0. The number of unbranched alkanes of at least 4 members (excludes halogenated alkanes) is 61. The van der Waals surface area contributed by atoms with E-state index in [1.54, 1.807) is 0 Å². The van der Waals surface area contributed by atoms with Gasteiger partial charge in [-0.1, -0.05) is 403 Å². The first-order valence-electron chi connectivity index (χ1n) is 41.5. The summed E-state index contributed by atoms with van der Waals surface area (Å²) in [6.45, 7) is 3.82. The summed E-state index contributed by atoms with van der Waals surface area (Å²) in [5.41, 5.74) is 5.42. The maximum atomic E-state index is 12.8. The lowest BCUT2D eigenvalue weighted by Crippen LogP contribution is -2.29. The van der Waals surface area contributed by atoms with Crippen LogP contribution in [-0.2, 0) is 32.7 Å². The molecule has 0 aromatic heterocycles. The van der Waals surface area contributed by atoms with Crippen molar-refractivity contribution < 1.29 is 37.6 Å². The van der Waals surface area contributed by atoms with Gasteiger partial charge >= 0.3 is 19.8 Å². The van der Waals surface area contributed by atoms with Crippen molar-refractivity contribution in [3.8, 4) is 0 Å². The van der Waals surface area contributed by atoms with E-state index < -0.39 is 26.5 Å². The number of nitrogens with two attached hydrogens (primary N) is 1. The maximum absolute atomic E-state index is 12.8. The van der Waals surface area contributed by atoms with E-state index in [0.717, 1.165) is 38.5 Å². The van der Waals surface area contributed by atoms with E-state index in [-0.39, 0.29) is 38.6 Å². The number of hydrogen-bond donors (Lipinski definition) is 2. The summed E-state index contributed by atoms with van der Waals surface area (Å²) in [6.07, 6.45) is 102. The van der Waals surface area contributed by atoms with Gasteiger partial charge in [0.1, 0.15) is 6.61 Å². The van der Waals surface area contributed by atoms with Crippen LogP contribution in [0.5, 0.6) is 0 Å². The molecule has 0 aliphatic carbocycles. The molecule has 2 atom stereocenters. The molecule has 0 spiro atoms. The van der Waals surface area contributed by atoms with Crippen molar-refractivity contribution in [1.82, 2.24) is 0 Å². The molecule has 3 N–H and O–H groups in total. The zero-order valence-electron chi connectivity index (χ0n) is 62.3. The number of rotatable bonds is 80. The zero-order valence-corrected chi connectivity index (χ0v) is 63.2. The Hall–Kier alpha value is -1.77. The van der Waals surface area contributed by atoms with Crippen molar-refractivity contribution in [3.05, 3.63) is 36.5 Å². The molecule has 93 heavy (non-hydrogen) atoms. The summed E-state index contributed by atoms with van der Waals surface area (Å²) >= 11 is 0. The summed E-state index contributed by atoms with van der Waals surface area (Å²) in [7, 11) is -4.39. The van der Waals surface area contributed by atoms with Crippen LogP contribution >= 0.6 is 7.82 Å². The number of ether oxygens (including phenoxy) is 2. The largest absolute Gasteiger partial charge is 0.472 e. The number of phosphoric ester groups is 1. The molecule has 0 rings (SSSR count). The molecule has 2 unspecified atom stereocenters. The molecule has 0 saturated heterocycles. The Morgan fingerprint density at radius 1 is 0.323 bits per heavy atom. The van der Waals surface area contributed by atoms with E-state index in [1.807, 2.05) is 0 Å². The van der Waals surface area contributed by atoms with Crippen molar-refractivity contribution in [2.24, 2.45) is 5.73 Å². The molecule has 9 nitrogen and oxygen atoms in total. The lowest BCUT2D eigenvalue weighted by atomic mass is 10.0. The minimum absolute atomic E-state index is 0.0566. The predicted octanol–water partition coefficient (Wildman–Crippen LogP) is 27.8. The highest BCUT2D eigenvalue weighted by molar-refractivity contribution is 7.47. The van der Waals surface area contributed by atoms with Gasteiger partial charge < -0.3 is 20.1 Å². The summed E-state index contributed by atoms with van der Waals surface area (Å²) in [4.78, 5) is 35.5. The molecule has 10 heteroatoms. The highest BCUT2D eigenvalue weighted by atomic mass is 31.2. The van der Waals surface area contributed by atoms with Crippen LogP contribution in [-0.4, -0.2) is 49.3 Å². The average Bonchev–Trinajstić information content (AvgIpc) is 3.70. The highest BCUT2D eigenvalue weighted by Crippen LogP contribution is 2.43. The lowest BCUT2D eigenvalue weighted by molar-refractivity contribution is -0.161. The molecule has 0 aliphatic heterocycles. The van der Waals surface area contributed by atoms with Gasteiger partial charge in [-0.25, -0.2) is 4.57 Å². The first-order valence-corrected chi connectivity index (χ1v) is 43.0. The molecule has 0 radical (unpaired) electrons. The molecule has 0 aromatic carbocycles. The molecule has 0 aliphatic rings. The van der Waals surface area contributed by atoms with Gasteiger partial charge in [-0.3, -0.25) is 18.6 Å². The summed E-state index contributed by atoms with van der Waals surface area (Å²) in [6, 6.07) is 0. The van der Waals surface area contributed by atoms with Gasteiger partial charge in [-0.2, -0.15) is 0 Å². The number of hydrogen-bond acceptors (Lipinski definition) is 8. The van der Waals surface area contributed by atoms with E-state index in [9.17, 15) is 19.0 Å². The molecule has 0 amide bonds. The lowest BCUT2D eigenvalue weighted by Gasteiger charge is -2.19. The van der Waals surface area contributed by atoms with Gasteiger partial charge in [0, 0.05) is 19.4 Å². The second kappa shape index (κ2) is 79.2. The van der Waals surface area contributed by atoms with Gasteiger partial charge in [-0.05, 0) is 70.6 Å². The van der Waals surface area contributed by atoms with Gasteiger partial charge in [0.15, 0.2) is 6.10 Å². The fraction of sp³-hybridized carbons (Fsp3) is 0.904. The maximum Gasteiger partial charge on any atom is 0.472 e. The normalized spacial score (nSPS) is 12.9. The molecule has 0 fully saturated rings. The SMILES string of the molecule is CCCCCCC/C=C\C/C=C\CCCCCCCCCCCCCCCCCCCCCC(=O)OC(COC(=O)CCCCCCCCCCCCCCCCCCCCCCCCCCCCCCC/C=C\CCCCCCCCCC)COP(=O)(O)OCCN. The van der Waals surface area contributed by atoms with Gasteiger partial charge in [0.2, 0.25) is 0 Å². The second-order valence-corrected chi connectivity index (χ2v) is 29.8. The zero-order chi connectivity index (χ0) is 67.2. The topological polar surface area (TPSA) is 134 Å². The molecule has 0 aromatic rings. The Morgan fingerprint density at radius 2 is 0.559 bits per heavy atom. The van der Waals surface area contributed by atoms with Crippen LogP contribution in [0, 0.1) is 0 Å². The fourth-order valence-electron chi connectivity index (χ4n) is 12.8. The molecular weight excluding hydrogens is 1170 g/mol. The molecular formula is C83H160NO8P. The number of carbonyl (C=O) groups excluding carboxylic acids is 2. The fourth-order valence-corrected chi connectivity index (χ4v) is 13.6. The van der Waals surface area contributed by atoms with Crippen LogP contribution in [0.3, 0.4) is 0 Å². The first kappa shape index (κ1) is 91.2. The number of esters is 2. The van der Waals surface area contributed by atoms with E-state index in [4.69, 9.17) is 24.3 Å². The second-order valence-electron chi connectivity index (χ2n) is 28.3. The van der Waals surface area contributed by atoms with Gasteiger partial charge in [0.25, 0.3) is 0 Å². The van der Waals surface area contributed by atoms with Crippen LogP contribution in [0.4, 0.5) is 0 Å². The van der Waals surface area contributed by atoms with Crippen molar-refractivity contribution in [2.75, 3.05) is 26.4 Å². The van der Waals surface area contributed by atoms with Gasteiger partial charge in [0.05, 0.1) is 13.2 Å². The highest BCUT2D eigenvalue weighted by Gasteiger charge is 2.26. The molecule has 0 bridgehead atoms. The Balaban J connectivity index is 3.71. The Morgan fingerprint density at radius 3 is 0.828 bits per heavy atom. The van der Waals surface area contributed by atoms with Crippen LogP contribution in [0.2, 0.25) is 0 Å². The summed E-state index contributed by atoms with van der Waals surface area (Å²) in [5, 5.41) is 0. The molecule has 0 heterocycles. The van der Waals surface area contributed by atoms with Crippen LogP contribution < -0.4 is 5.73 Å². The minimum Gasteiger partial charge on any atom is -0.462 e. The van der Waals surface area contributed by atoms with E-state index in [2.05, 4.69) is 50.3 Å². The number of carbonyl (C=O) groups is 2. The van der Waals surface area contributed by atoms with Crippen LogP contribution in [0.1, 0.15) is 450 Å². The van der Waals surface area contributed by atoms with Crippen molar-refractivity contribution in [3.63, 3.8) is 0 Å². The average molecular weight is 1330 g/mol. The van der Waals surface area contributed by atoms with E-state index in [1.165, 1.54) is 379 Å². The van der Waals surface area contributed by atoms with Crippen LogP contribution in [0.25, 0.3) is 0 Å². The minimum atomic E-state index is -4.39. The van der Waals surface area contributed by atoms with E-state index in [0.29, 0.717) is 6.42 Å². The molecule has 550 valence electrons. The monoisotopic (exact) mass is 1330 g/mol. The standard InChI is InChI=1S/C83H160NO8P/c1-3-5-7-9-11-13-15-17-19-21-23-25-27-29-31-33-35-36-37-38-39-40-41-42-43-44-46-47-49-51-53-55-57-59-61-63-65-67-69-71-73-75-82(85)89-79-81(80-91-93(87,88)90-78-77-84)92-83(86)76-74-72-70-68-66-64-62-60-58-56-54-52-50-48-45-34-32-30-28-26-24-22-20-18-16-14-12-10-8-6-4-2/h16,18,21-24,81H,3-15,17,19-20,25-80,84H2,1-2H3,(H,87,88)/b18-16-,23-21-,24-22-. The van der Waals surface area contributed by atoms with Crippen molar-refractivity contribution in [1.29, 1.82) is 0 Å². The predicted molar refractivity (Wildman–Crippen MR) is 404 cm³/mol. The summed E-state index contributed by atoms with van der Waals surface area (Å²) < 4.78 is 33.3. The van der Waals surface area contributed by atoms with Crippen molar-refractivity contribution >= 4 is 19.8 Å². The molecule has 0 saturated carbocycles. The Labute approximate surface area is 579 Å². The Kier molecular flexibility index (Phi) is 77.7. The van der Waals surface area contributed by atoms with Gasteiger partial charge in [-0.15, -0.1) is 0 Å². The van der Waals surface area contributed by atoms with Crippen molar-refractivity contribution in [2.45, 2.75) is 457 Å².